The van der Waals surface area contributed by atoms with Crippen LogP contribution in [0.1, 0.15) is 31.0 Å². The minimum atomic E-state index is -0.785. The molecule has 1 aliphatic rings. The number of ether oxygens (including phenoxy) is 2. The van der Waals surface area contributed by atoms with Crippen LogP contribution < -0.4 is 19.6 Å². The second kappa shape index (κ2) is 9.55. The van der Waals surface area contributed by atoms with Gasteiger partial charge in [-0.05, 0) is 49.2 Å². The maximum Gasteiger partial charge on any atom is 0.338 e. The van der Waals surface area contributed by atoms with Gasteiger partial charge in [0.1, 0.15) is 5.75 Å². The monoisotopic (exact) mass is 495 g/mol. The van der Waals surface area contributed by atoms with Gasteiger partial charge >= 0.3 is 11.7 Å². The van der Waals surface area contributed by atoms with Crippen LogP contribution in [-0.2, 0) is 9.53 Å². The molecule has 0 bridgehead atoms. The number of phenolic OH excluding ortho intramolecular Hbond substituents is 1. The third kappa shape index (κ3) is 4.45. The molecule has 0 saturated carbocycles. The Hall–Kier alpha value is -4.25. The van der Waals surface area contributed by atoms with E-state index < -0.39 is 33.9 Å². The second-order valence-corrected chi connectivity index (χ2v) is 8.59. The minimum Gasteiger partial charge on any atom is -0.502 e. The number of carbonyl (C=O) groups excluding carboxylic acids is 1. The number of nitro groups is 1. The van der Waals surface area contributed by atoms with E-state index in [0.29, 0.717) is 27.4 Å². The lowest BCUT2D eigenvalue weighted by molar-refractivity contribution is -0.385. The zero-order chi connectivity index (χ0) is 25.3. The molecule has 1 aromatic heterocycles. The lowest BCUT2D eigenvalue weighted by atomic mass is 9.96. The van der Waals surface area contributed by atoms with Gasteiger partial charge in [0.15, 0.2) is 10.6 Å². The van der Waals surface area contributed by atoms with Gasteiger partial charge in [-0.25, -0.2) is 9.79 Å². The lowest BCUT2D eigenvalue weighted by Crippen LogP contribution is -2.39. The van der Waals surface area contributed by atoms with E-state index >= 15 is 0 Å². The van der Waals surface area contributed by atoms with Gasteiger partial charge in [0.2, 0.25) is 0 Å². The standard InChI is InChI=1S/C24H21N3O7S/c1-4-34-23(30)20-13(2)25-24-26(21(20)15-6-8-16(33-3)9-7-15)22(29)19(35-24)12-14-5-10-18(28)17(11-14)27(31)32/h5-12,21,28H,4H2,1-3H3/b19-12-/t21-/m0/s1. The van der Waals surface area contributed by atoms with Gasteiger partial charge < -0.3 is 14.6 Å². The van der Waals surface area contributed by atoms with Crippen molar-refractivity contribution in [3.8, 4) is 11.5 Å². The molecule has 0 fully saturated rings. The molecular formula is C24H21N3O7S. The normalized spacial score (nSPS) is 15.4. The fraction of sp³-hybridized carbons (Fsp3) is 0.208. The molecule has 0 unspecified atom stereocenters. The van der Waals surface area contributed by atoms with E-state index in [-0.39, 0.29) is 16.7 Å². The number of aromatic hydroxyl groups is 1. The molecule has 1 atom stereocenters. The summed E-state index contributed by atoms with van der Waals surface area (Å²) in [6, 6.07) is 10.1. The van der Waals surface area contributed by atoms with Crippen LogP contribution in [0.25, 0.3) is 6.08 Å². The van der Waals surface area contributed by atoms with Gasteiger partial charge in [-0.15, -0.1) is 0 Å². The first kappa shape index (κ1) is 23.9. The van der Waals surface area contributed by atoms with E-state index in [4.69, 9.17) is 9.47 Å². The van der Waals surface area contributed by atoms with Gasteiger partial charge in [-0.3, -0.25) is 19.5 Å². The van der Waals surface area contributed by atoms with E-state index in [0.717, 1.165) is 11.3 Å². The van der Waals surface area contributed by atoms with Gasteiger partial charge in [0.25, 0.3) is 5.56 Å². The molecule has 0 amide bonds. The van der Waals surface area contributed by atoms with Crippen molar-refractivity contribution in [2.45, 2.75) is 19.9 Å². The van der Waals surface area contributed by atoms with Crippen LogP contribution in [0.15, 0.2) is 63.5 Å². The SMILES string of the molecule is CCOC(=O)C1=C(C)N=c2s/c(=C\c3ccc(O)c([N+](=O)[O-])c3)c(=O)n2[C@H]1c1ccc(OC)cc1. The first-order chi connectivity index (χ1) is 16.7. The van der Waals surface area contributed by atoms with E-state index in [9.17, 15) is 24.8 Å². The number of hydrogen-bond acceptors (Lipinski definition) is 9. The zero-order valence-corrected chi connectivity index (χ0v) is 19.9. The number of allylic oxidation sites excluding steroid dienone is 1. The summed E-state index contributed by atoms with van der Waals surface area (Å²) in [6.07, 6.45) is 1.49. The largest absolute Gasteiger partial charge is 0.502 e. The van der Waals surface area contributed by atoms with Crippen molar-refractivity contribution in [3.63, 3.8) is 0 Å². The molecule has 1 N–H and O–H groups in total. The topological polar surface area (TPSA) is 133 Å². The van der Waals surface area contributed by atoms with Crippen molar-refractivity contribution >= 4 is 29.1 Å². The molecule has 2 heterocycles. The summed E-state index contributed by atoms with van der Waals surface area (Å²) < 4.78 is 12.2. The Balaban J connectivity index is 1.93. The van der Waals surface area contributed by atoms with Crippen molar-refractivity contribution in [1.82, 2.24) is 4.57 Å². The number of methoxy groups -OCH3 is 1. The van der Waals surface area contributed by atoms with Crippen molar-refractivity contribution in [2.24, 2.45) is 4.99 Å². The maximum absolute atomic E-state index is 13.5. The highest BCUT2D eigenvalue weighted by molar-refractivity contribution is 7.07. The molecule has 0 aliphatic carbocycles. The Morgan fingerprint density at radius 3 is 2.63 bits per heavy atom. The molecule has 10 nitrogen and oxygen atoms in total. The van der Waals surface area contributed by atoms with Crippen LogP contribution in [0.5, 0.6) is 11.5 Å². The first-order valence-electron chi connectivity index (χ1n) is 10.6. The number of rotatable bonds is 6. The predicted molar refractivity (Wildman–Crippen MR) is 128 cm³/mol. The van der Waals surface area contributed by atoms with Crippen LogP contribution in [0.3, 0.4) is 0 Å². The molecule has 1 aliphatic heterocycles. The number of aromatic nitrogens is 1. The maximum atomic E-state index is 13.5. The van der Waals surface area contributed by atoms with E-state index in [2.05, 4.69) is 4.99 Å². The fourth-order valence-electron chi connectivity index (χ4n) is 3.82. The number of esters is 1. The molecule has 35 heavy (non-hydrogen) atoms. The molecule has 4 rings (SSSR count). The molecular weight excluding hydrogens is 474 g/mol. The Labute approximate surface area is 202 Å². The van der Waals surface area contributed by atoms with Gasteiger partial charge in [0, 0.05) is 6.07 Å². The summed E-state index contributed by atoms with van der Waals surface area (Å²) >= 11 is 1.10. The predicted octanol–water partition coefficient (Wildman–Crippen LogP) is 2.42. The minimum absolute atomic E-state index is 0.162. The summed E-state index contributed by atoms with van der Waals surface area (Å²) in [4.78, 5) is 41.8. The summed E-state index contributed by atoms with van der Waals surface area (Å²) in [7, 11) is 1.54. The third-order valence-corrected chi connectivity index (χ3v) is 6.43. The Bertz CT molecular complexity index is 1530. The third-order valence-electron chi connectivity index (χ3n) is 5.44. The van der Waals surface area contributed by atoms with Gasteiger partial charge in [-0.1, -0.05) is 29.5 Å². The number of carbonyl (C=O) groups is 1. The number of fused-ring (bicyclic) bond motifs is 1. The number of hydrogen-bond donors (Lipinski definition) is 1. The Morgan fingerprint density at radius 1 is 1.29 bits per heavy atom. The van der Waals surface area contributed by atoms with Crippen LogP contribution >= 0.6 is 11.3 Å². The average Bonchev–Trinajstić information content (AvgIpc) is 3.13. The highest BCUT2D eigenvalue weighted by Crippen LogP contribution is 2.31. The fourth-order valence-corrected chi connectivity index (χ4v) is 4.87. The lowest BCUT2D eigenvalue weighted by Gasteiger charge is -2.24. The van der Waals surface area contributed by atoms with E-state index in [1.54, 1.807) is 45.2 Å². The number of nitrogens with zero attached hydrogens (tertiary/aromatic N) is 3. The van der Waals surface area contributed by atoms with Crippen LogP contribution in [-0.4, -0.2) is 34.3 Å². The van der Waals surface area contributed by atoms with Gasteiger partial charge in [-0.2, -0.15) is 0 Å². The zero-order valence-electron chi connectivity index (χ0n) is 19.0. The quantitative estimate of drug-likeness (QED) is 0.315. The van der Waals surface area contributed by atoms with E-state index in [1.165, 1.54) is 28.8 Å². The van der Waals surface area contributed by atoms with E-state index in [1.807, 2.05) is 0 Å². The Morgan fingerprint density at radius 2 is 2.00 bits per heavy atom. The molecule has 0 radical (unpaired) electrons. The van der Waals surface area contributed by atoms with Crippen molar-refractivity contribution in [2.75, 3.05) is 13.7 Å². The van der Waals surface area contributed by atoms with Crippen molar-refractivity contribution < 1.29 is 24.3 Å². The number of thiazole rings is 1. The molecule has 3 aromatic rings. The first-order valence-corrected chi connectivity index (χ1v) is 11.4. The molecule has 0 saturated heterocycles. The summed E-state index contributed by atoms with van der Waals surface area (Å²) in [6.45, 7) is 3.54. The van der Waals surface area contributed by atoms with Gasteiger partial charge in [0.05, 0.1) is 40.5 Å². The molecule has 11 heteroatoms. The van der Waals surface area contributed by atoms with Crippen LogP contribution in [0, 0.1) is 10.1 Å². The molecule has 180 valence electrons. The Kier molecular flexibility index (Phi) is 6.52. The highest BCUT2D eigenvalue weighted by atomic mass is 32.1. The number of phenols is 1. The smallest absolute Gasteiger partial charge is 0.338 e. The van der Waals surface area contributed by atoms with Crippen LogP contribution in [0.2, 0.25) is 0 Å². The molecule has 2 aromatic carbocycles. The highest BCUT2D eigenvalue weighted by Gasteiger charge is 2.33. The molecule has 0 spiro atoms. The number of benzene rings is 2. The second-order valence-electron chi connectivity index (χ2n) is 7.58. The summed E-state index contributed by atoms with van der Waals surface area (Å²) in [5.74, 6) is -0.422. The summed E-state index contributed by atoms with van der Waals surface area (Å²) in [5, 5.41) is 20.9. The average molecular weight is 496 g/mol. The van der Waals surface area contributed by atoms with Crippen LogP contribution in [0.4, 0.5) is 5.69 Å². The van der Waals surface area contributed by atoms with Crippen molar-refractivity contribution in [1.29, 1.82) is 0 Å². The summed E-state index contributed by atoms with van der Waals surface area (Å²) in [5.41, 5.74) is 0.814. The van der Waals surface area contributed by atoms with Crippen molar-refractivity contribution in [3.05, 3.63) is 94.7 Å². The number of nitro benzene ring substituents is 1.